The van der Waals surface area contributed by atoms with Crippen molar-refractivity contribution in [2.24, 2.45) is 0 Å². The van der Waals surface area contributed by atoms with Crippen molar-refractivity contribution in [1.82, 2.24) is 0 Å². The van der Waals surface area contributed by atoms with E-state index in [0.29, 0.717) is 5.56 Å². The Bertz CT molecular complexity index is 652. The predicted molar refractivity (Wildman–Crippen MR) is 68.8 cm³/mol. The number of halogens is 2. The van der Waals surface area contributed by atoms with Gasteiger partial charge in [-0.2, -0.15) is 0 Å². The van der Waals surface area contributed by atoms with E-state index in [9.17, 15) is 13.6 Å². The van der Waals surface area contributed by atoms with E-state index in [2.05, 4.69) is 5.32 Å². The molecule has 1 heterocycles. The second kappa shape index (κ2) is 5.32. The smallest absolute Gasteiger partial charge is 0.371 e. The van der Waals surface area contributed by atoms with E-state index in [4.69, 9.17) is 9.52 Å². The van der Waals surface area contributed by atoms with E-state index in [-0.39, 0.29) is 17.2 Å². The number of benzene rings is 1. The van der Waals surface area contributed by atoms with Crippen LogP contribution in [0.4, 0.5) is 14.5 Å². The normalized spacial score (nSPS) is 12.2. The molecule has 0 saturated carbocycles. The molecule has 2 aromatic rings. The molecule has 1 aromatic heterocycles. The molecule has 6 heteroatoms. The highest BCUT2D eigenvalue weighted by Gasteiger charge is 2.18. The second-order valence-corrected chi connectivity index (χ2v) is 4.43. The molecule has 0 aliphatic heterocycles. The standard InChI is InChI=1S/C14H13F2NO3/c1-7-3-4-9(15)13(12(7)16)17-8(2)10-5-6-11(20-10)14(18)19/h3-6,8,17H,1-2H3,(H,18,19). The summed E-state index contributed by atoms with van der Waals surface area (Å²) in [5, 5.41) is 11.4. The van der Waals surface area contributed by atoms with E-state index in [1.165, 1.54) is 25.1 Å². The quantitative estimate of drug-likeness (QED) is 0.896. The summed E-state index contributed by atoms with van der Waals surface area (Å²) in [4.78, 5) is 10.7. The minimum atomic E-state index is -1.20. The third kappa shape index (κ3) is 2.64. The maximum Gasteiger partial charge on any atom is 0.371 e. The van der Waals surface area contributed by atoms with Crippen molar-refractivity contribution in [3.63, 3.8) is 0 Å². The largest absolute Gasteiger partial charge is 0.475 e. The van der Waals surface area contributed by atoms with Gasteiger partial charge in [-0.05, 0) is 37.6 Å². The van der Waals surface area contributed by atoms with Gasteiger partial charge in [0, 0.05) is 0 Å². The lowest BCUT2D eigenvalue weighted by Gasteiger charge is -2.15. The summed E-state index contributed by atoms with van der Waals surface area (Å²) in [6.07, 6.45) is 0. The molecule has 0 spiro atoms. The Kier molecular flexibility index (Phi) is 3.74. The van der Waals surface area contributed by atoms with Crippen LogP contribution in [0.25, 0.3) is 0 Å². The minimum Gasteiger partial charge on any atom is -0.475 e. The lowest BCUT2D eigenvalue weighted by molar-refractivity contribution is 0.0660. The zero-order chi connectivity index (χ0) is 14.9. The van der Waals surface area contributed by atoms with Crippen LogP contribution in [0.3, 0.4) is 0 Å². The molecular weight excluding hydrogens is 268 g/mol. The van der Waals surface area contributed by atoms with Gasteiger partial charge < -0.3 is 14.8 Å². The Balaban J connectivity index is 2.25. The summed E-state index contributed by atoms with van der Waals surface area (Å²) in [5.74, 6) is -2.54. The van der Waals surface area contributed by atoms with Crippen molar-refractivity contribution in [3.05, 3.63) is 53.0 Å². The molecule has 1 unspecified atom stereocenters. The maximum atomic E-state index is 13.8. The van der Waals surface area contributed by atoms with Gasteiger partial charge >= 0.3 is 5.97 Å². The molecular formula is C14H13F2NO3. The molecule has 0 aliphatic rings. The van der Waals surface area contributed by atoms with Crippen LogP contribution >= 0.6 is 0 Å². The van der Waals surface area contributed by atoms with Gasteiger partial charge in [-0.3, -0.25) is 0 Å². The molecule has 2 rings (SSSR count). The van der Waals surface area contributed by atoms with Gasteiger partial charge in [0.25, 0.3) is 0 Å². The number of carbonyl (C=O) groups is 1. The number of carboxylic acids is 1. The van der Waals surface area contributed by atoms with Gasteiger partial charge in [0.1, 0.15) is 17.3 Å². The number of carboxylic acid groups (broad SMARTS) is 1. The summed E-state index contributed by atoms with van der Waals surface area (Å²) in [7, 11) is 0. The molecule has 0 aliphatic carbocycles. The first-order valence-electron chi connectivity index (χ1n) is 5.94. The number of rotatable bonds is 4. The molecule has 0 amide bonds. The Morgan fingerprint density at radius 3 is 2.60 bits per heavy atom. The van der Waals surface area contributed by atoms with Crippen LogP contribution in [0, 0.1) is 18.6 Å². The third-order valence-electron chi connectivity index (χ3n) is 2.91. The van der Waals surface area contributed by atoms with Crippen molar-refractivity contribution in [3.8, 4) is 0 Å². The molecule has 1 aromatic carbocycles. The van der Waals surface area contributed by atoms with Crippen LogP contribution in [0.2, 0.25) is 0 Å². The number of furan rings is 1. The number of hydrogen-bond donors (Lipinski definition) is 2. The van der Waals surface area contributed by atoms with E-state index in [1.807, 2.05) is 0 Å². The summed E-state index contributed by atoms with van der Waals surface area (Å²) in [6, 6.07) is 4.67. The zero-order valence-electron chi connectivity index (χ0n) is 10.9. The van der Waals surface area contributed by atoms with Gasteiger partial charge in [-0.1, -0.05) is 6.07 Å². The highest BCUT2D eigenvalue weighted by molar-refractivity contribution is 5.84. The first-order valence-corrected chi connectivity index (χ1v) is 5.94. The first kappa shape index (κ1) is 14.0. The Hall–Kier alpha value is -2.37. The minimum absolute atomic E-state index is 0.223. The number of hydrogen-bond acceptors (Lipinski definition) is 3. The van der Waals surface area contributed by atoms with Crippen LogP contribution in [-0.4, -0.2) is 11.1 Å². The summed E-state index contributed by atoms with van der Waals surface area (Å²) in [5.41, 5.74) is 0.0533. The molecule has 4 nitrogen and oxygen atoms in total. The van der Waals surface area contributed by atoms with Crippen LogP contribution in [0.1, 0.15) is 34.8 Å². The fourth-order valence-corrected chi connectivity index (χ4v) is 1.78. The van der Waals surface area contributed by atoms with Crippen molar-refractivity contribution in [2.45, 2.75) is 19.9 Å². The van der Waals surface area contributed by atoms with Gasteiger partial charge in [0.15, 0.2) is 5.82 Å². The van der Waals surface area contributed by atoms with Crippen LogP contribution < -0.4 is 5.32 Å². The predicted octanol–water partition coefficient (Wildman–Crippen LogP) is 3.74. The number of aromatic carboxylic acids is 1. The molecule has 106 valence electrons. The average Bonchev–Trinajstić information content (AvgIpc) is 2.89. The molecule has 2 N–H and O–H groups in total. The SMILES string of the molecule is Cc1ccc(F)c(NC(C)c2ccc(C(=O)O)o2)c1F. The van der Waals surface area contributed by atoms with E-state index in [0.717, 1.165) is 6.07 Å². The molecule has 1 atom stereocenters. The van der Waals surface area contributed by atoms with Gasteiger partial charge in [0.05, 0.1) is 6.04 Å². The monoisotopic (exact) mass is 281 g/mol. The van der Waals surface area contributed by atoms with Crippen LogP contribution in [0.15, 0.2) is 28.7 Å². The molecule has 0 saturated heterocycles. The van der Waals surface area contributed by atoms with Crippen LogP contribution in [-0.2, 0) is 0 Å². The number of aryl methyl sites for hydroxylation is 1. The fourth-order valence-electron chi connectivity index (χ4n) is 1.78. The summed E-state index contributed by atoms with van der Waals surface area (Å²) >= 11 is 0. The Morgan fingerprint density at radius 2 is 2.00 bits per heavy atom. The zero-order valence-corrected chi connectivity index (χ0v) is 10.9. The fraction of sp³-hybridized carbons (Fsp3) is 0.214. The van der Waals surface area contributed by atoms with Crippen molar-refractivity contribution in [1.29, 1.82) is 0 Å². The third-order valence-corrected chi connectivity index (χ3v) is 2.91. The lowest BCUT2D eigenvalue weighted by atomic mass is 10.1. The molecule has 0 bridgehead atoms. The van der Waals surface area contributed by atoms with Gasteiger partial charge in [-0.25, -0.2) is 13.6 Å². The average molecular weight is 281 g/mol. The van der Waals surface area contributed by atoms with Crippen molar-refractivity contribution < 1.29 is 23.1 Å². The number of anilines is 1. The molecule has 0 fully saturated rings. The second-order valence-electron chi connectivity index (χ2n) is 4.43. The maximum absolute atomic E-state index is 13.8. The van der Waals surface area contributed by atoms with Crippen LogP contribution in [0.5, 0.6) is 0 Å². The highest BCUT2D eigenvalue weighted by Crippen LogP contribution is 2.27. The topological polar surface area (TPSA) is 62.5 Å². The van der Waals surface area contributed by atoms with Gasteiger partial charge in [0.2, 0.25) is 5.76 Å². The molecule has 0 radical (unpaired) electrons. The Labute approximate surface area is 114 Å². The van der Waals surface area contributed by atoms with Gasteiger partial charge in [-0.15, -0.1) is 0 Å². The Morgan fingerprint density at radius 1 is 1.30 bits per heavy atom. The number of nitrogens with one attached hydrogen (secondary N) is 1. The van der Waals surface area contributed by atoms with E-state index in [1.54, 1.807) is 6.92 Å². The summed E-state index contributed by atoms with van der Waals surface area (Å²) in [6.45, 7) is 3.14. The van der Waals surface area contributed by atoms with Crippen molar-refractivity contribution in [2.75, 3.05) is 5.32 Å². The van der Waals surface area contributed by atoms with E-state index >= 15 is 0 Å². The summed E-state index contributed by atoms with van der Waals surface area (Å²) < 4.78 is 32.5. The molecule has 20 heavy (non-hydrogen) atoms. The highest BCUT2D eigenvalue weighted by atomic mass is 19.1. The van der Waals surface area contributed by atoms with Crippen molar-refractivity contribution >= 4 is 11.7 Å². The first-order chi connectivity index (χ1) is 9.40. The lowest BCUT2D eigenvalue weighted by Crippen LogP contribution is -2.09. The van der Waals surface area contributed by atoms with E-state index < -0.39 is 23.6 Å².